The number of non-ortho nitro benzene ring substituents is 1. The van der Waals surface area contributed by atoms with E-state index in [9.17, 15) is 19.7 Å². The number of benzene rings is 2. The quantitative estimate of drug-likeness (QED) is 0.656. The summed E-state index contributed by atoms with van der Waals surface area (Å²) in [6.07, 6.45) is -1.86. The van der Waals surface area contributed by atoms with E-state index in [2.05, 4.69) is 10.2 Å². The molecule has 0 aliphatic carbocycles. The van der Waals surface area contributed by atoms with Crippen molar-refractivity contribution in [2.24, 2.45) is 0 Å². The fourth-order valence-electron chi connectivity index (χ4n) is 1.88. The molecule has 0 bridgehead atoms. The van der Waals surface area contributed by atoms with Gasteiger partial charge in [0.15, 0.2) is 0 Å². The van der Waals surface area contributed by atoms with Crippen LogP contribution >= 0.6 is 0 Å². The van der Waals surface area contributed by atoms with E-state index in [1.165, 1.54) is 43.5 Å². The lowest BCUT2D eigenvalue weighted by Gasteiger charge is -2.22. The standard InChI is InChI=1S/C16H15N3O7/c1-24-14-5-3-4-12(10-14)18(17-15(20)25-2)16(21)26-13-8-6-11(7-9-13)19(22)23/h3-10H,1-2H3,(H,17,20). The van der Waals surface area contributed by atoms with Crippen molar-refractivity contribution in [1.29, 1.82) is 0 Å². The van der Waals surface area contributed by atoms with E-state index in [0.29, 0.717) is 5.75 Å². The number of nitrogens with one attached hydrogen (secondary N) is 1. The molecule has 0 heterocycles. The van der Waals surface area contributed by atoms with E-state index in [1.807, 2.05) is 0 Å². The molecular formula is C16H15N3O7. The van der Waals surface area contributed by atoms with E-state index >= 15 is 0 Å². The molecule has 0 saturated heterocycles. The van der Waals surface area contributed by atoms with Gasteiger partial charge in [0, 0.05) is 18.2 Å². The molecule has 2 rings (SSSR count). The predicted octanol–water partition coefficient (Wildman–Crippen LogP) is 2.88. The predicted molar refractivity (Wildman–Crippen MR) is 90.1 cm³/mol. The summed E-state index contributed by atoms with van der Waals surface area (Å²) in [5.41, 5.74) is 2.32. The number of carbonyl (C=O) groups is 2. The number of ether oxygens (including phenoxy) is 3. The van der Waals surface area contributed by atoms with Crippen molar-refractivity contribution >= 4 is 23.6 Å². The lowest BCUT2D eigenvalue weighted by Crippen LogP contribution is -2.47. The second-order valence-electron chi connectivity index (χ2n) is 4.76. The van der Waals surface area contributed by atoms with Crippen molar-refractivity contribution < 1.29 is 28.7 Å². The molecule has 2 aromatic carbocycles. The third kappa shape index (κ3) is 4.60. The number of carbonyl (C=O) groups excluding carboxylic acids is 2. The second-order valence-corrected chi connectivity index (χ2v) is 4.76. The van der Waals surface area contributed by atoms with Crippen LogP contribution in [0.3, 0.4) is 0 Å². The van der Waals surface area contributed by atoms with Gasteiger partial charge in [-0.2, -0.15) is 5.01 Å². The maximum Gasteiger partial charge on any atom is 0.439 e. The maximum atomic E-state index is 12.4. The molecule has 26 heavy (non-hydrogen) atoms. The van der Waals surface area contributed by atoms with Crippen LogP contribution < -0.4 is 19.9 Å². The summed E-state index contributed by atoms with van der Waals surface area (Å²) in [6, 6.07) is 11.2. The first-order chi connectivity index (χ1) is 12.4. The highest BCUT2D eigenvalue weighted by Crippen LogP contribution is 2.22. The minimum absolute atomic E-state index is 0.0557. The van der Waals surface area contributed by atoms with Gasteiger partial charge in [-0.25, -0.2) is 15.0 Å². The van der Waals surface area contributed by atoms with Crippen LogP contribution in [0.1, 0.15) is 0 Å². The SMILES string of the molecule is COC(=O)NN(C(=O)Oc1ccc([N+](=O)[O-])cc1)c1cccc(OC)c1. The zero-order valence-corrected chi connectivity index (χ0v) is 13.9. The van der Waals surface area contributed by atoms with Gasteiger partial charge >= 0.3 is 12.2 Å². The van der Waals surface area contributed by atoms with Crippen LogP contribution in [0.15, 0.2) is 48.5 Å². The number of nitro benzene ring substituents is 1. The van der Waals surface area contributed by atoms with Crippen LogP contribution in [-0.2, 0) is 4.74 Å². The van der Waals surface area contributed by atoms with Crippen LogP contribution in [0.2, 0.25) is 0 Å². The van der Waals surface area contributed by atoms with E-state index in [4.69, 9.17) is 9.47 Å². The molecule has 10 heteroatoms. The van der Waals surface area contributed by atoms with Gasteiger partial charge in [0.25, 0.3) is 5.69 Å². The van der Waals surface area contributed by atoms with Crippen molar-refractivity contribution in [1.82, 2.24) is 5.43 Å². The highest BCUT2D eigenvalue weighted by Gasteiger charge is 2.22. The average Bonchev–Trinajstić information content (AvgIpc) is 2.66. The molecular weight excluding hydrogens is 346 g/mol. The molecule has 2 aromatic rings. The number of amides is 2. The largest absolute Gasteiger partial charge is 0.497 e. The summed E-state index contributed by atoms with van der Waals surface area (Å²) in [7, 11) is 2.59. The number of methoxy groups -OCH3 is 2. The number of nitro groups is 1. The number of hydrogen-bond acceptors (Lipinski definition) is 7. The van der Waals surface area contributed by atoms with Crippen LogP contribution in [0, 0.1) is 10.1 Å². The maximum absolute atomic E-state index is 12.4. The molecule has 0 aliphatic rings. The van der Waals surface area contributed by atoms with Crippen molar-refractivity contribution in [2.45, 2.75) is 0 Å². The molecule has 0 fully saturated rings. The van der Waals surface area contributed by atoms with Gasteiger partial charge in [-0.05, 0) is 24.3 Å². The first-order valence-corrected chi connectivity index (χ1v) is 7.19. The summed E-state index contributed by atoms with van der Waals surface area (Å²) in [5, 5.41) is 11.5. The zero-order chi connectivity index (χ0) is 19.1. The van der Waals surface area contributed by atoms with Gasteiger partial charge in [-0.15, -0.1) is 0 Å². The Labute approximate surface area is 148 Å². The minimum Gasteiger partial charge on any atom is -0.497 e. The smallest absolute Gasteiger partial charge is 0.439 e. The third-order valence-electron chi connectivity index (χ3n) is 3.14. The Bertz CT molecular complexity index is 808. The molecule has 0 spiro atoms. The van der Waals surface area contributed by atoms with Crippen LogP contribution in [0.5, 0.6) is 11.5 Å². The van der Waals surface area contributed by atoms with Crippen molar-refractivity contribution in [3.8, 4) is 11.5 Å². The molecule has 1 N–H and O–H groups in total. The lowest BCUT2D eigenvalue weighted by atomic mass is 10.3. The number of hydrazine groups is 1. The van der Waals surface area contributed by atoms with Crippen molar-refractivity contribution in [2.75, 3.05) is 19.2 Å². The van der Waals surface area contributed by atoms with Gasteiger partial charge in [0.05, 0.1) is 24.8 Å². The number of anilines is 1. The fourth-order valence-corrected chi connectivity index (χ4v) is 1.88. The zero-order valence-electron chi connectivity index (χ0n) is 13.9. The topological polar surface area (TPSA) is 120 Å². The lowest BCUT2D eigenvalue weighted by molar-refractivity contribution is -0.384. The third-order valence-corrected chi connectivity index (χ3v) is 3.14. The second kappa shape index (κ2) is 8.33. The van der Waals surface area contributed by atoms with Crippen LogP contribution in [0.4, 0.5) is 21.0 Å². The summed E-state index contributed by atoms with van der Waals surface area (Å²) in [5.74, 6) is 0.502. The highest BCUT2D eigenvalue weighted by atomic mass is 16.6. The van der Waals surface area contributed by atoms with Crippen LogP contribution in [-0.4, -0.2) is 31.3 Å². The van der Waals surface area contributed by atoms with Gasteiger partial charge in [-0.1, -0.05) is 6.07 Å². The van der Waals surface area contributed by atoms with E-state index < -0.39 is 17.1 Å². The summed E-state index contributed by atoms with van der Waals surface area (Å²) < 4.78 is 14.7. The summed E-state index contributed by atoms with van der Waals surface area (Å²) >= 11 is 0. The molecule has 136 valence electrons. The average molecular weight is 361 g/mol. The minimum atomic E-state index is -0.961. The molecule has 0 saturated carbocycles. The normalized spacial score (nSPS) is 9.77. The Hall–Kier alpha value is -3.82. The van der Waals surface area contributed by atoms with Crippen molar-refractivity contribution in [3.05, 3.63) is 58.6 Å². The summed E-state index contributed by atoms with van der Waals surface area (Å²) in [6.45, 7) is 0. The Morgan fingerprint density at radius 2 is 1.77 bits per heavy atom. The Balaban J connectivity index is 2.24. The molecule has 10 nitrogen and oxygen atoms in total. The number of rotatable bonds is 4. The molecule has 0 unspecified atom stereocenters. The van der Waals surface area contributed by atoms with Gasteiger partial charge in [-0.3, -0.25) is 10.1 Å². The molecule has 0 atom stereocenters. The molecule has 2 amide bonds. The Kier molecular flexibility index (Phi) is 5.93. The van der Waals surface area contributed by atoms with Gasteiger partial charge < -0.3 is 14.2 Å². The van der Waals surface area contributed by atoms with Crippen LogP contribution in [0.25, 0.3) is 0 Å². The molecule has 0 radical (unpaired) electrons. The number of hydrogen-bond donors (Lipinski definition) is 1. The first kappa shape index (κ1) is 18.5. The monoisotopic (exact) mass is 361 g/mol. The molecule has 0 aliphatic heterocycles. The fraction of sp³-hybridized carbons (Fsp3) is 0.125. The first-order valence-electron chi connectivity index (χ1n) is 7.19. The van der Waals surface area contributed by atoms with E-state index in [1.54, 1.807) is 12.1 Å². The number of nitrogens with zero attached hydrogens (tertiary/aromatic N) is 2. The van der Waals surface area contributed by atoms with Gasteiger partial charge in [0.1, 0.15) is 11.5 Å². The Morgan fingerprint density at radius 1 is 1.08 bits per heavy atom. The highest BCUT2D eigenvalue weighted by molar-refractivity contribution is 5.91. The molecule has 0 aromatic heterocycles. The van der Waals surface area contributed by atoms with E-state index in [0.717, 1.165) is 12.1 Å². The van der Waals surface area contributed by atoms with Gasteiger partial charge in [0.2, 0.25) is 0 Å². The van der Waals surface area contributed by atoms with E-state index in [-0.39, 0.29) is 17.1 Å². The Morgan fingerprint density at radius 3 is 2.35 bits per heavy atom. The summed E-state index contributed by atoms with van der Waals surface area (Å²) in [4.78, 5) is 34.1. The van der Waals surface area contributed by atoms with Crippen molar-refractivity contribution in [3.63, 3.8) is 0 Å².